The molecule has 2 rings (SSSR count). The third-order valence-electron chi connectivity index (χ3n) is 4.49. The number of carbonyl (C=O) groups is 1. The predicted molar refractivity (Wildman–Crippen MR) is 117 cm³/mol. The molecule has 0 bridgehead atoms. The van der Waals surface area contributed by atoms with Gasteiger partial charge in [-0.2, -0.15) is 14.8 Å². The third-order valence-corrected chi connectivity index (χ3v) is 4.49. The Morgan fingerprint density at radius 3 is 2.73 bits per heavy atom. The van der Waals surface area contributed by atoms with E-state index in [4.69, 9.17) is 4.74 Å². The summed E-state index contributed by atoms with van der Waals surface area (Å²) in [6.07, 6.45) is 7.46. The Morgan fingerprint density at radius 1 is 1.23 bits per heavy atom. The second-order valence-electron chi connectivity index (χ2n) is 7.66. The van der Waals surface area contributed by atoms with Gasteiger partial charge in [-0.1, -0.05) is 27.2 Å². The fraction of sp³-hybridized carbons (Fsp3) is 0.667. The zero-order valence-electron chi connectivity index (χ0n) is 18.6. The molecular formula is C21H35N7O2. The monoisotopic (exact) mass is 417 g/mol. The van der Waals surface area contributed by atoms with E-state index in [0.29, 0.717) is 43.9 Å². The highest BCUT2D eigenvalue weighted by Gasteiger charge is 2.21. The van der Waals surface area contributed by atoms with Gasteiger partial charge in [0, 0.05) is 31.5 Å². The van der Waals surface area contributed by atoms with Crippen molar-refractivity contribution in [2.75, 3.05) is 25.1 Å². The van der Waals surface area contributed by atoms with E-state index >= 15 is 0 Å². The quantitative estimate of drug-likeness (QED) is 0.455. The maximum Gasteiger partial charge on any atom is 0.254 e. The summed E-state index contributed by atoms with van der Waals surface area (Å²) in [5, 5.41) is 10.5. The summed E-state index contributed by atoms with van der Waals surface area (Å²) < 4.78 is 6.87. The minimum Gasteiger partial charge on any atom is -0.382 e. The number of aromatic nitrogens is 5. The summed E-state index contributed by atoms with van der Waals surface area (Å²) in [7, 11) is 0. The van der Waals surface area contributed by atoms with Gasteiger partial charge in [-0.3, -0.25) is 4.79 Å². The highest BCUT2D eigenvalue weighted by Crippen LogP contribution is 2.16. The van der Waals surface area contributed by atoms with E-state index in [1.54, 1.807) is 6.33 Å². The van der Waals surface area contributed by atoms with E-state index in [9.17, 15) is 4.79 Å². The molecule has 0 aliphatic rings. The van der Waals surface area contributed by atoms with Crippen LogP contribution in [-0.4, -0.2) is 56.4 Å². The van der Waals surface area contributed by atoms with Crippen molar-refractivity contribution in [1.29, 1.82) is 0 Å². The fourth-order valence-corrected chi connectivity index (χ4v) is 2.99. The van der Waals surface area contributed by atoms with E-state index < -0.39 is 0 Å². The number of rotatable bonds is 14. The standard InChI is InChI=1S/C21H35N7O2/c1-5-7-9-17-13-19(27-21(25-17)28-15-22-14-24-28)26-18(12-16(3)4)20(29)23-10-8-11-30-6-2/h13-16,18H,5-12H2,1-4H3,(H,23,29)(H,25,26,27)/t18-/m0/s1. The van der Waals surface area contributed by atoms with Gasteiger partial charge in [0.1, 0.15) is 24.5 Å². The Morgan fingerprint density at radius 2 is 2.07 bits per heavy atom. The molecule has 166 valence electrons. The van der Waals surface area contributed by atoms with Gasteiger partial charge in [-0.25, -0.2) is 9.97 Å². The van der Waals surface area contributed by atoms with Crippen LogP contribution in [0.2, 0.25) is 0 Å². The molecule has 9 nitrogen and oxygen atoms in total. The van der Waals surface area contributed by atoms with Crippen molar-refractivity contribution in [1.82, 2.24) is 30.0 Å². The van der Waals surface area contributed by atoms with Gasteiger partial charge < -0.3 is 15.4 Å². The van der Waals surface area contributed by atoms with E-state index in [1.807, 2.05) is 13.0 Å². The van der Waals surface area contributed by atoms with Crippen LogP contribution in [0.5, 0.6) is 0 Å². The molecule has 0 aromatic carbocycles. The lowest BCUT2D eigenvalue weighted by Crippen LogP contribution is -2.41. The summed E-state index contributed by atoms with van der Waals surface area (Å²) in [4.78, 5) is 26.0. The van der Waals surface area contributed by atoms with Crippen LogP contribution < -0.4 is 10.6 Å². The maximum atomic E-state index is 12.8. The zero-order valence-corrected chi connectivity index (χ0v) is 18.6. The van der Waals surface area contributed by atoms with Crippen LogP contribution in [-0.2, 0) is 16.0 Å². The van der Waals surface area contributed by atoms with Crippen molar-refractivity contribution < 1.29 is 9.53 Å². The molecule has 0 spiro atoms. The van der Waals surface area contributed by atoms with Crippen molar-refractivity contribution in [3.63, 3.8) is 0 Å². The molecule has 1 amide bonds. The molecule has 30 heavy (non-hydrogen) atoms. The van der Waals surface area contributed by atoms with Crippen molar-refractivity contribution in [3.8, 4) is 5.95 Å². The first kappa shape index (κ1) is 23.7. The Kier molecular flexibility index (Phi) is 10.2. The average Bonchev–Trinajstić information content (AvgIpc) is 3.26. The first-order valence-corrected chi connectivity index (χ1v) is 10.9. The minimum atomic E-state index is -0.380. The Labute approximate surface area is 179 Å². The second kappa shape index (κ2) is 12.9. The lowest BCUT2D eigenvalue weighted by molar-refractivity contribution is -0.122. The van der Waals surface area contributed by atoms with Crippen LogP contribution in [0, 0.1) is 5.92 Å². The number of hydrogen-bond acceptors (Lipinski definition) is 7. The van der Waals surface area contributed by atoms with Crippen LogP contribution >= 0.6 is 0 Å². The number of hydrogen-bond donors (Lipinski definition) is 2. The topological polar surface area (TPSA) is 107 Å². The normalized spacial score (nSPS) is 12.2. The molecule has 1 atom stereocenters. The van der Waals surface area contributed by atoms with Gasteiger partial charge in [0.15, 0.2) is 0 Å². The maximum absolute atomic E-state index is 12.8. The summed E-state index contributed by atoms with van der Waals surface area (Å²) in [6.45, 7) is 10.2. The van der Waals surface area contributed by atoms with Crippen LogP contribution in [0.3, 0.4) is 0 Å². The summed E-state index contributed by atoms with van der Waals surface area (Å²) >= 11 is 0. The largest absolute Gasteiger partial charge is 0.382 e. The molecular weight excluding hydrogens is 382 g/mol. The number of ether oxygens (including phenoxy) is 1. The number of amides is 1. The van der Waals surface area contributed by atoms with Gasteiger partial charge >= 0.3 is 0 Å². The first-order chi connectivity index (χ1) is 14.5. The number of nitrogens with one attached hydrogen (secondary N) is 2. The van der Waals surface area contributed by atoms with Crippen LogP contribution in [0.15, 0.2) is 18.7 Å². The number of unbranched alkanes of at least 4 members (excludes halogenated alkanes) is 1. The van der Waals surface area contributed by atoms with E-state index in [1.165, 1.54) is 11.0 Å². The van der Waals surface area contributed by atoms with Gasteiger partial charge in [0.05, 0.1) is 0 Å². The van der Waals surface area contributed by atoms with E-state index in [0.717, 1.165) is 31.4 Å². The van der Waals surface area contributed by atoms with Crippen molar-refractivity contribution >= 4 is 11.7 Å². The number of carbonyl (C=O) groups excluding carboxylic acids is 1. The van der Waals surface area contributed by atoms with E-state index in [-0.39, 0.29) is 11.9 Å². The number of aryl methyl sites for hydroxylation is 1. The molecule has 2 aromatic heterocycles. The molecule has 0 fully saturated rings. The van der Waals surface area contributed by atoms with Gasteiger partial charge in [0.25, 0.3) is 5.95 Å². The molecule has 0 saturated carbocycles. The Hall–Kier alpha value is -2.55. The fourth-order valence-electron chi connectivity index (χ4n) is 2.99. The second-order valence-corrected chi connectivity index (χ2v) is 7.66. The molecule has 2 N–H and O–H groups in total. The Balaban J connectivity index is 2.14. The lowest BCUT2D eigenvalue weighted by atomic mass is 10.0. The molecule has 0 saturated heterocycles. The van der Waals surface area contributed by atoms with Crippen molar-refractivity contribution in [2.24, 2.45) is 5.92 Å². The van der Waals surface area contributed by atoms with Crippen LogP contribution in [0.4, 0.5) is 5.82 Å². The molecule has 2 heterocycles. The van der Waals surface area contributed by atoms with Crippen LogP contribution in [0.25, 0.3) is 5.95 Å². The third kappa shape index (κ3) is 8.06. The summed E-state index contributed by atoms with van der Waals surface area (Å²) in [5.41, 5.74) is 0.917. The lowest BCUT2D eigenvalue weighted by Gasteiger charge is -2.21. The molecule has 2 aromatic rings. The average molecular weight is 418 g/mol. The predicted octanol–water partition coefficient (Wildman–Crippen LogP) is 2.77. The smallest absolute Gasteiger partial charge is 0.254 e. The molecule has 0 radical (unpaired) electrons. The van der Waals surface area contributed by atoms with Gasteiger partial charge in [0.2, 0.25) is 5.91 Å². The SMILES string of the molecule is CCCCc1cc(N[C@@H](CC(C)C)C(=O)NCCCOCC)nc(-n2cncn2)n1. The number of anilines is 1. The summed E-state index contributed by atoms with van der Waals surface area (Å²) in [5.74, 6) is 1.39. The van der Waals surface area contributed by atoms with Gasteiger partial charge in [-0.05, 0) is 38.5 Å². The molecule has 0 aliphatic heterocycles. The summed E-state index contributed by atoms with van der Waals surface area (Å²) in [6, 6.07) is 1.54. The van der Waals surface area contributed by atoms with Crippen LogP contribution in [0.1, 0.15) is 59.1 Å². The zero-order chi connectivity index (χ0) is 21.8. The highest BCUT2D eigenvalue weighted by molar-refractivity contribution is 5.84. The number of nitrogens with zero attached hydrogens (tertiary/aromatic N) is 5. The minimum absolute atomic E-state index is 0.0313. The molecule has 0 aliphatic carbocycles. The Bertz CT molecular complexity index is 750. The van der Waals surface area contributed by atoms with Gasteiger partial charge in [-0.15, -0.1) is 0 Å². The highest BCUT2D eigenvalue weighted by atomic mass is 16.5. The first-order valence-electron chi connectivity index (χ1n) is 10.9. The molecule has 9 heteroatoms. The van der Waals surface area contributed by atoms with Crippen molar-refractivity contribution in [3.05, 3.63) is 24.4 Å². The van der Waals surface area contributed by atoms with E-state index in [2.05, 4.69) is 51.5 Å². The van der Waals surface area contributed by atoms with Crippen molar-refractivity contribution in [2.45, 2.75) is 65.8 Å². The molecule has 0 unspecified atom stereocenters.